The summed E-state index contributed by atoms with van der Waals surface area (Å²) in [6, 6.07) is 16.1. The van der Waals surface area contributed by atoms with E-state index in [4.69, 9.17) is 35.8 Å². The highest BCUT2D eigenvalue weighted by molar-refractivity contribution is 7.80. The summed E-state index contributed by atoms with van der Waals surface area (Å²) < 4.78 is 0. The molecule has 0 aromatic heterocycles. The number of benzene rings is 2. The van der Waals surface area contributed by atoms with Gasteiger partial charge in [-0.15, -0.1) is 6.58 Å². The summed E-state index contributed by atoms with van der Waals surface area (Å²) >= 11 is 17.3. The standard InChI is InChI=1S/C26H29Cl2NOS/c1-3-13-26(2)15-22(19-5-4-6-21(28)14-19)24(18-9-11-20(27)12-10-18)29(25(26)30)23(16-31)17-7-8-17/h3-6,9-12,14,17,22-24,31H,1,7-8,13,15-16H2,2H3/t22?,23-,24?,26?/m1/s1. The van der Waals surface area contributed by atoms with Crippen molar-refractivity contribution < 1.29 is 4.79 Å². The van der Waals surface area contributed by atoms with Gasteiger partial charge in [0.15, 0.2) is 0 Å². The quantitative estimate of drug-likeness (QED) is 0.329. The molecule has 0 spiro atoms. The van der Waals surface area contributed by atoms with E-state index < -0.39 is 5.41 Å². The van der Waals surface area contributed by atoms with Crippen molar-refractivity contribution in [2.45, 2.75) is 50.6 Å². The molecule has 2 nitrogen and oxygen atoms in total. The van der Waals surface area contributed by atoms with Crippen LogP contribution in [0, 0.1) is 11.3 Å². The summed E-state index contributed by atoms with van der Waals surface area (Å²) in [4.78, 5) is 16.2. The summed E-state index contributed by atoms with van der Waals surface area (Å²) in [5, 5.41) is 1.41. The van der Waals surface area contributed by atoms with E-state index in [-0.39, 0.29) is 23.9 Å². The summed E-state index contributed by atoms with van der Waals surface area (Å²) in [7, 11) is 0. The second-order valence-corrected chi connectivity index (χ2v) is 10.5. The molecule has 0 N–H and O–H groups in total. The number of hydrogen-bond acceptors (Lipinski definition) is 2. The highest BCUT2D eigenvalue weighted by Crippen LogP contribution is 2.54. The zero-order valence-electron chi connectivity index (χ0n) is 17.8. The minimum absolute atomic E-state index is 0.0844. The number of amides is 1. The number of piperidine rings is 1. The minimum Gasteiger partial charge on any atom is -0.330 e. The van der Waals surface area contributed by atoms with Crippen LogP contribution in [-0.4, -0.2) is 22.6 Å². The normalized spacial score (nSPS) is 27.2. The van der Waals surface area contributed by atoms with Gasteiger partial charge in [-0.25, -0.2) is 0 Å². The molecule has 1 saturated heterocycles. The van der Waals surface area contributed by atoms with Crippen LogP contribution in [0.5, 0.6) is 0 Å². The number of likely N-dealkylation sites (tertiary alicyclic amines) is 1. The second kappa shape index (κ2) is 9.21. The molecule has 1 aliphatic heterocycles. The molecule has 1 heterocycles. The van der Waals surface area contributed by atoms with Crippen LogP contribution in [0.2, 0.25) is 10.0 Å². The highest BCUT2D eigenvalue weighted by atomic mass is 35.5. The first-order chi connectivity index (χ1) is 14.9. The van der Waals surface area contributed by atoms with Gasteiger partial charge in [0, 0.05) is 27.8 Å². The summed E-state index contributed by atoms with van der Waals surface area (Å²) in [6.45, 7) is 6.03. The fourth-order valence-electron chi connectivity index (χ4n) is 5.20. The Morgan fingerprint density at radius 2 is 1.87 bits per heavy atom. The van der Waals surface area contributed by atoms with Gasteiger partial charge in [-0.1, -0.05) is 60.5 Å². The number of allylic oxidation sites excluding steroid dienone is 1. The first-order valence-electron chi connectivity index (χ1n) is 10.9. The maximum absolute atomic E-state index is 14.1. The Labute approximate surface area is 201 Å². The van der Waals surface area contributed by atoms with Crippen molar-refractivity contribution in [3.63, 3.8) is 0 Å². The average molecular weight is 474 g/mol. The van der Waals surface area contributed by atoms with E-state index in [0.29, 0.717) is 28.1 Å². The van der Waals surface area contributed by atoms with Crippen LogP contribution in [0.15, 0.2) is 61.2 Å². The number of halogens is 2. The van der Waals surface area contributed by atoms with E-state index in [1.54, 1.807) is 0 Å². The first kappa shape index (κ1) is 22.8. The predicted molar refractivity (Wildman–Crippen MR) is 133 cm³/mol. The smallest absolute Gasteiger partial charge is 0.229 e. The predicted octanol–water partition coefficient (Wildman–Crippen LogP) is 7.34. The van der Waals surface area contributed by atoms with Gasteiger partial charge in [0.25, 0.3) is 0 Å². The van der Waals surface area contributed by atoms with E-state index in [0.717, 1.165) is 30.4 Å². The van der Waals surface area contributed by atoms with E-state index in [9.17, 15) is 4.79 Å². The van der Waals surface area contributed by atoms with Gasteiger partial charge in [-0.3, -0.25) is 4.79 Å². The highest BCUT2D eigenvalue weighted by Gasteiger charge is 2.53. The van der Waals surface area contributed by atoms with Gasteiger partial charge in [0.2, 0.25) is 5.91 Å². The molecule has 4 atom stereocenters. The van der Waals surface area contributed by atoms with Gasteiger partial charge in [-0.05, 0) is 67.0 Å². The molecule has 2 aliphatic rings. The number of thiol groups is 1. The molecule has 2 aromatic carbocycles. The van der Waals surface area contributed by atoms with Crippen LogP contribution < -0.4 is 0 Å². The van der Waals surface area contributed by atoms with Gasteiger partial charge >= 0.3 is 0 Å². The minimum atomic E-state index is -0.506. The third-order valence-electron chi connectivity index (χ3n) is 6.90. The molecule has 3 unspecified atom stereocenters. The largest absolute Gasteiger partial charge is 0.330 e. The molecular formula is C26H29Cl2NOS. The van der Waals surface area contributed by atoms with Crippen LogP contribution in [-0.2, 0) is 4.79 Å². The average Bonchev–Trinajstić information content (AvgIpc) is 3.58. The lowest BCUT2D eigenvalue weighted by molar-refractivity contribution is -0.154. The van der Waals surface area contributed by atoms with Crippen molar-refractivity contribution in [1.82, 2.24) is 4.90 Å². The van der Waals surface area contributed by atoms with Crippen LogP contribution in [0.25, 0.3) is 0 Å². The lowest BCUT2D eigenvalue weighted by atomic mass is 9.67. The van der Waals surface area contributed by atoms with Crippen molar-refractivity contribution in [3.8, 4) is 0 Å². The molecular weight excluding hydrogens is 445 g/mol. The van der Waals surface area contributed by atoms with Gasteiger partial charge in [0.05, 0.1) is 11.5 Å². The summed E-state index contributed by atoms with van der Waals surface area (Å²) in [5.41, 5.74) is 1.76. The number of carbonyl (C=O) groups is 1. The molecule has 1 saturated carbocycles. The fraction of sp³-hybridized carbons (Fsp3) is 0.423. The molecule has 1 aliphatic carbocycles. The van der Waals surface area contributed by atoms with E-state index in [1.807, 2.05) is 36.4 Å². The van der Waals surface area contributed by atoms with Crippen molar-refractivity contribution in [2.75, 3.05) is 5.75 Å². The monoisotopic (exact) mass is 473 g/mol. The van der Waals surface area contributed by atoms with E-state index in [1.165, 1.54) is 0 Å². The van der Waals surface area contributed by atoms with Crippen LogP contribution in [0.4, 0.5) is 0 Å². The molecule has 2 fully saturated rings. The van der Waals surface area contributed by atoms with Crippen LogP contribution in [0.3, 0.4) is 0 Å². The maximum Gasteiger partial charge on any atom is 0.229 e. The molecule has 5 heteroatoms. The zero-order valence-corrected chi connectivity index (χ0v) is 20.2. The van der Waals surface area contributed by atoms with Gasteiger partial charge in [-0.2, -0.15) is 12.6 Å². The van der Waals surface area contributed by atoms with Crippen molar-refractivity contribution >= 4 is 41.7 Å². The number of nitrogens with zero attached hydrogens (tertiary/aromatic N) is 1. The molecule has 2 aromatic rings. The first-order valence-corrected chi connectivity index (χ1v) is 12.3. The van der Waals surface area contributed by atoms with Crippen LogP contribution >= 0.6 is 35.8 Å². The zero-order chi connectivity index (χ0) is 22.2. The van der Waals surface area contributed by atoms with Crippen molar-refractivity contribution in [3.05, 3.63) is 82.4 Å². The van der Waals surface area contributed by atoms with E-state index >= 15 is 0 Å². The molecule has 31 heavy (non-hydrogen) atoms. The summed E-state index contributed by atoms with van der Waals surface area (Å²) in [6.07, 6.45) is 5.58. The molecule has 0 radical (unpaired) electrons. The second-order valence-electron chi connectivity index (χ2n) is 9.22. The number of carbonyl (C=O) groups excluding carboxylic acids is 1. The lowest BCUT2D eigenvalue weighted by Crippen LogP contribution is -2.56. The van der Waals surface area contributed by atoms with Crippen LogP contribution in [0.1, 0.15) is 55.7 Å². The Kier molecular flexibility index (Phi) is 6.76. The number of rotatable bonds is 7. The molecule has 4 rings (SSSR count). The summed E-state index contributed by atoms with van der Waals surface area (Å²) in [5.74, 6) is 1.50. The van der Waals surface area contributed by atoms with E-state index in [2.05, 4.69) is 36.6 Å². The maximum atomic E-state index is 14.1. The fourth-order valence-corrected chi connectivity index (χ4v) is 6.00. The SMILES string of the molecule is C=CCC1(C)CC(c2cccc(Cl)c2)C(c2ccc(Cl)cc2)N([C@H](CS)C2CC2)C1=O. The Morgan fingerprint density at radius 1 is 1.16 bits per heavy atom. The third-order valence-corrected chi connectivity index (χ3v) is 7.76. The van der Waals surface area contributed by atoms with Gasteiger partial charge < -0.3 is 4.90 Å². The lowest BCUT2D eigenvalue weighted by Gasteiger charge is -2.52. The molecule has 1 amide bonds. The Morgan fingerprint density at radius 3 is 2.45 bits per heavy atom. The number of hydrogen-bond donors (Lipinski definition) is 1. The Bertz CT molecular complexity index is 958. The van der Waals surface area contributed by atoms with Crippen molar-refractivity contribution in [2.24, 2.45) is 11.3 Å². The Balaban J connectivity index is 1.89. The topological polar surface area (TPSA) is 20.3 Å². The van der Waals surface area contributed by atoms with Crippen molar-refractivity contribution in [1.29, 1.82) is 0 Å². The molecule has 164 valence electrons. The third kappa shape index (κ3) is 4.55. The Hall–Kier alpha value is -1.42. The van der Waals surface area contributed by atoms with Gasteiger partial charge in [0.1, 0.15) is 0 Å². The molecule has 0 bridgehead atoms.